The number of anilines is 1. The lowest BCUT2D eigenvalue weighted by molar-refractivity contribution is 0.0939. The maximum Gasteiger partial charge on any atom is 0.255 e. The van der Waals surface area contributed by atoms with Crippen molar-refractivity contribution in [2.45, 2.75) is 44.4 Å². The highest BCUT2D eigenvalue weighted by molar-refractivity contribution is 7.99. The minimum Gasteiger partial charge on any atom is -0.348 e. The van der Waals surface area contributed by atoms with Gasteiger partial charge in [0, 0.05) is 23.2 Å². The zero-order chi connectivity index (χ0) is 14.5. The number of aryl methyl sites for hydroxylation is 1. The van der Waals surface area contributed by atoms with Gasteiger partial charge in [0.1, 0.15) is 0 Å². The van der Waals surface area contributed by atoms with Gasteiger partial charge in [-0.05, 0) is 31.6 Å². The Morgan fingerprint density at radius 3 is 3.05 bits per heavy atom. The molecule has 2 rings (SSSR count). The lowest BCUT2D eigenvalue weighted by atomic mass is 10.1. The standard InChI is InChI=1S/C14H22N4OS/c1-3-20-13-6-4-5-11(13)17-14(19)10-8-16-9(2)7-12(10)18-15/h7-8,11,13H,3-6,15H2,1-2H3,(H,16,18)(H,17,19). The number of nitrogens with one attached hydrogen (secondary N) is 2. The molecule has 2 unspecified atom stereocenters. The van der Waals surface area contributed by atoms with Gasteiger partial charge in [0.05, 0.1) is 11.3 Å². The number of nitrogens with zero attached hydrogens (tertiary/aromatic N) is 1. The number of nitrogens with two attached hydrogens (primary N) is 1. The maximum atomic E-state index is 12.4. The first-order chi connectivity index (χ1) is 9.65. The molecular weight excluding hydrogens is 272 g/mol. The molecule has 0 radical (unpaired) electrons. The summed E-state index contributed by atoms with van der Waals surface area (Å²) < 4.78 is 0. The van der Waals surface area contributed by atoms with E-state index < -0.39 is 0 Å². The highest BCUT2D eigenvalue weighted by atomic mass is 32.2. The van der Waals surface area contributed by atoms with Gasteiger partial charge in [0.25, 0.3) is 5.91 Å². The summed E-state index contributed by atoms with van der Waals surface area (Å²) >= 11 is 1.93. The number of carbonyl (C=O) groups is 1. The van der Waals surface area contributed by atoms with Crippen LogP contribution in [0.1, 0.15) is 42.2 Å². The van der Waals surface area contributed by atoms with E-state index in [0.29, 0.717) is 16.5 Å². The van der Waals surface area contributed by atoms with Gasteiger partial charge in [-0.15, -0.1) is 0 Å². The van der Waals surface area contributed by atoms with Crippen molar-refractivity contribution in [3.8, 4) is 0 Å². The third kappa shape index (κ3) is 3.43. The van der Waals surface area contributed by atoms with Crippen LogP contribution in [0.25, 0.3) is 0 Å². The van der Waals surface area contributed by atoms with E-state index in [9.17, 15) is 4.79 Å². The number of nitrogen functional groups attached to an aromatic ring is 1. The van der Waals surface area contributed by atoms with E-state index >= 15 is 0 Å². The normalized spacial score (nSPS) is 21.8. The third-order valence-electron chi connectivity index (χ3n) is 3.59. The fourth-order valence-electron chi connectivity index (χ4n) is 2.61. The lowest BCUT2D eigenvalue weighted by Crippen LogP contribution is -2.39. The van der Waals surface area contributed by atoms with Crippen molar-refractivity contribution in [1.29, 1.82) is 0 Å². The summed E-state index contributed by atoms with van der Waals surface area (Å²) in [6.07, 6.45) is 4.99. The van der Waals surface area contributed by atoms with Crippen LogP contribution in [-0.2, 0) is 0 Å². The first kappa shape index (κ1) is 15.1. The Bertz CT molecular complexity index is 480. The summed E-state index contributed by atoms with van der Waals surface area (Å²) in [4.78, 5) is 16.6. The van der Waals surface area contributed by atoms with E-state index in [-0.39, 0.29) is 11.9 Å². The number of pyridine rings is 1. The van der Waals surface area contributed by atoms with Gasteiger partial charge >= 0.3 is 0 Å². The molecule has 1 aromatic rings. The Morgan fingerprint density at radius 2 is 2.35 bits per heavy atom. The van der Waals surface area contributed by atoms with Crippen LogP contribution < -0.4 is 16.6 Å². The Kier molecular flexibility index (Phi) is 5.25. The molecule has 4 N–H and O–H groups in total. The first-order valence-electron chi connectivity index (χ1n) is 7.01. The molecule has 5 nitrogen and oxygen atoms in total. The molecule has 1 fully saturated rings. The van der Waals surface area contributed by atoms with Gasteiger partial charge < -0.3 is 10.7 Å². The summed E-state index contributed by atoms with van der Waals surface area (Å²) in [5.41, 5.74) is 4.52. The molecule has 110 valence electrons. The van der Waals surface area contributed by atoms with Crippen molar-refractivity contribution in [2.75, 3.05) is 11.2 Å². The Hall–Kier alpha value is -1.27. The summed E-state index contributed by atoms with van der Waals surface area (Å²) in [6, 6.07) is 2.03. The van der Waals surface area contributed by atoms with E-state index in [1.165, 1.54) is 12.8 Å². The molecule has 1 saturated carbocycles. The maximum absolute atomic E-state index is 12.4. The number of hydrogen-bond acceptors (Lipinski definition) is 5. The molecule has 0 saturated heterocycles. The molecule has 1 amide bonds. The number of hydrazine groups is 1. The van der Waals surface area contributed by atoms with E-state index in [0.717, 1.165) is 17.9 Å². The van der Waals surface area contributed by atoms with Crippen molar-refractivity contribution in [3.05, 3.63) is 23.5 Å². The van der Waals surface area contributed by atoms with Crippen LogP contribution in [0, 0.1) is 6.92 Å². The number of rotatable bonds is 5. The molecule has 1 heterocycles. The van der Waals surface area contributed by atoms with Gasteiger partial charge in [-0.25, -0.2) is 0 Å². The smallest absolute Gasteiger partial charge is 0.255 e. The SMILES string of the molecule is CCSC1CCCC1NC(=O)c1cnc(C)cc1NN. The van der Waals surface area contributed by atoms with Crippen LogP contribution in [0.5, 0.6) is 0 Å². The predicted octanol–water partition coefficient (Wildman–Crippen LogP) is 2.08. The second-order valence-electron chi connectivity index (χ2n) is 5.02. The summed E-state index contributed by atoms with van der Waals surface area (Å²) in [7, 11) is 0. The average molecular weight is 294 g/mol. The molecule has 6 heteroatoms. The summed E-state index contributed by atoms with van der Waals surface area (Å²) in [6.45, 7) is 4.02. The lowest BCUT2D eigenvalue weighted by Gasteiger charge is -2.20. The van der Waals surface area contributed by atoms with Crippen LogP contribution in [0.15, 0.2) is 12.3 Å². The minimum atomic E-state index is -0.0981. The molecule has 1 aliphatic carbocycles. The van der Waals surface area contributed by atoms with Gasteiger partial charge in [-0.3, -0.25) is 15.6 Å². The molecule has 20 heavy (non-hydrogen) atoms. The van der Waals surface area contributed by atoms with E-state index in [4.69, 9.17) is 5.84 Å². The zero-order valence-electron chi connectivity index (χ0n) is 12.0. The van der Waals surface area contributed by atoms with Crippen LogP contribution in [-0.4, -0.2) is 27.9 Å². The van der Waals surface area contributed by atoms with Crippen molar-refractivity contribution < 1.29 is 4.79 Å². The van der Waals surface area contributed by atoms with Gasteiger partial charge in [0.15, 0.2) is 0 Å². The Labute approximate surface area is 124 Å². The Morgan fingerprint density at radius 1 is 1.55 bits per heavy atom. The van der Waals surface area contributed by atoms with Crippen molar-refractivity contribution in [3.63, 3.8) is 0 Å². The largest absolute Gasteiger partial charge is 0.348 e. The van der Waals surface area contributed by atoms with Crippen LogP contribution in [0.3, 0.4) is 0 Å². The molecule has 0 aromatic carbocycles. The first-order valence-corrected chi connectivity index (χ1v) is 8.06. The molecule has 2 atom stereocenters. The van der Waals surface area contributed by atoms with Crippen LogP contribution >= 0.6 is 11.8 Å². The quantitative estimate of drug-likeness (QED) is 0.572. The fraction of sp³-hybridized carbons (Fsp3) is 0.571. The number of carbonyl (C=O) groups excluding carboxylic acids is 1. The van der Waals surface area contributed by atoms with Gasteiger partial charge in [-0.1, -0.05) is 13.3 Å². The average Bonchev–Trinajstić information content (AvgIpc) is 2.86. The van der Waals surface area contributed by atoms with Crippen molar-refractivity contribution in [2.24, 2.45) is 5.84 Å². The monoisotopic (exact) mass is 294 g/mol. The Balaban J connectivity index is 2.08. The number of aromatic nitrogens is 1. The molecule has 0 bridgehead atoms. The second-order valence-corrected chi connectivity index (χ2v) is 6.54. The van der Waals surface area contributed by atoms with Crippen LogP contribution in [0.2, 0.25) is 0 Å². The number of amides is 1. The molecule has 0 aliphatic heterocycles. The van der Waals surface area contributed by atoms with Crippen molar-refractivity contribution in [1.82, 2.24) is 10.3 Å². The van der Waals surface area contributed by atoms with Crippen LogP contribution in [0.4, 0.5) is 5.69 Å². The minimum absolute atomic E-state index is 0.0981. The highest BCUT2D eigenvalue weighted by Gasteiger charge is 2.29. The van der Waals surface area contributed by atoms with Gasteiger partial charge in [0.2, 0.25) is 0 Å². The highest BCUT2D eigenvalue weighted by Crippen LogP contribution is 2.30. The molecule has 0 spiro atoms. The van der Waals surface area contributed by atoms with Gasteiger partial charge in [-0.2, -0.15) is 11.8 Å². The fourth-order valence-corrected chi connectivity index (χ4v) is 3.81. The van der Waals surface area contributed by atoms with Crippen molar-refractivity contribution >= 4 is 23.4 Å². The topological polar surface area (TPSA) is 80.0 Å². The third-order valence-corrected chi connectivity index (χ3v) is 4.92. The van der Waals surface area contributed by atoms with E-state index in [2.05, 4.69) is 22.7 Å². The summed E-state index contributed by atoms with van der Waals surface area (Å²) in [5, 5.41) is 3.65. The zero-order valence-corrected chi connectivity index (χ0v) is 12.8. The predicted molar refractivity (Wildman–Crippen MR) is 83.8 cm³/mol. The molecular formula is C14H22N4OS. The molecule has 1 aliphatic rings. The van der Waals surface area contributed by atoms with E-state index in [1.807, 2.05) is 18.7 Å². The molecule has 1 aromatic heterocycles. The second kappa shape index (κ2) is 6.95. The van der Waals surface area contributed by atoms with E-state index in [1.54, 1.807) is 12.3 Å². The number of hydrogen-bond donors (Lipinski definition) is 3. The number of thioether (sulfide) groups is 1. The summed E-state index contributed by atoms with van der Waals surface area (Å²) in [5.74, 6) is 6.46.